The van der Waals surface area contributed by atoms with Gasteiger partial charge in [-0.1, -0.05) is 45.1 Å². The molecule has 0 spiro atoms. The fourth-order valence-electron chi connectivity index (χ4n) is 5.93. The van der Waals surface area contributed by atoms with Crippen molar-refractivity contribution in [3.8, 4) is 39.9 Å². The normalized spacial score (nSPS) is 11.8. The van der Waals surface area contributed by atoms with Crippen LogP contribution in [0.1, 0.15) is 79.8 Å². The highest BCUT2D eigenvalue weighted by Crippen LogP contribution is 2.40. The fourth-order valence-corrected chi connectivity index (χ4v) is 5.93. The number of carbonyl (C=O) groups excluding carboxylic acids is 1. The van der Waals surface area contributed by atoms with Crippen molar-refractivity contribution in [1.82, 2.24) is 0 Å². The Balaban J connectivity index is 1.09. The summed E-state index contributed by atoms with van der Waals surface area (Å²) in [5.41, 5.74) is 4.15. The minimum Gasteiger partial charge on any atom is -0.502 e. The van der Waals surface area contributed by atoms with Gasteiger partial charge in [0.15, 0.2) is 23.1 Å². The maximum Gasteiger partial charge on any atom is 0.343 e. The van der Waals surface area contributed by atoms with Crippen molar-refractivity contribution < 1.29 is 46.7 Å². The highest BCUT2D eigenvalue weighted by atomic mass is 19.1. The monoisotopic (exact) mass is 728 g/mol. The third-order valence-corrected chi connectivity index (χ3v) is 8.64. The Morgan fingerprint density at radius 3 is 2.08 bits per heavy atom. The molecule has 0 aliphatic heterocycles. The minimum absolute atomic E-state index is 0.0652. The maximum absolute atomic E-state index is 14.8. The van der Waals surface area contributed by atoms with Gasteiger partial charge < -0.3 is 33.2 Å². The topological polar surface area (TPSA) is 81.7 Å². The number of hydrogen-bond donors (Lipinski definition) is 0. The lowest BCUT2D eigenvalue weighted by Crippen LogP contribution is -2.18. The first-order valence-corrected chi connectivity index (χ1v) is 18.0. The van der Waals surface area contributed by atoms with E-state index in [1.807, 2.05) is 30.3 Å². The van der Waals surface area contributed by atoms with Crippen molar-refractivity contribution >= 4 is 5.97 Å². The predicted molar refractivity (Wildman–Crippen MR) is 199 cm³/mol. The average Bonchev–Trinajstić information content (AvgIpc) is 3.51. The lowest BCUT2D eigenvalue weighted by molar-refractivity contribution is -0.0382. The summed E-state index contributed by atoms with van der Waals surface area (Å²) in [7, 11) is 0. The van der Waals surface area contributed by atoms with Crippen LogP contribution < -0.4 is 23.7 Å². The van der Waals surface area contributed by atoms with E-state index >= 15 is 0 Å². The summed E-state index contributed by atoms with van der Waals surface area (Å²) in [5, 5.41) is 0. The van der Waals surface area contributed by atoms with E-state index < -0.39 is 23.9 Å². The quantitative estimate of drug-likeness (QED) is 0.0216. The molecule has 0 radical (unpaired) electrons. The average molecular weight is 729 g/mol. The highest BCUT2D eigenvalue weighted by molar-refractivity contribution is 5.91. The molecule has 1 atom stereocenters. The molecule has 53 heavy (non-hydrogen) atoms. The van der Waals surface area contributed by atoms with Crippen molar-refractivity contribution in [2.75, 3.05) is 20.0 Å². The Kier molecular flexibility index (Phi) is 14.6. The van der Waals surface area contributed by atoms with Crippen LogP contribution in [0.2, 0.25) is 0 Å². The summed E-state index contributed by atoms with van der Waals surface area (Å²) >= 11 is 0. The Morgan fingerprint density at radius 2 is 1.38 bits per heavy atom. The van der Waals surface area contributed by atoms with Crippen molar-refractivity contribution in [2.24, 2.45) is 0 Å². The SMILES string of the molecule is C=COCCCCCCOc1ccc(C(=O)Oc2ccc3c(c2)Cc2cc(OCOc4ccc(OC(CCCCC)OC=C)c(F)c4)ccc2-3)cc1F. The van der Waals surface area contributed by atoms with Gasteiger partial charge in [0, 0.05) is 12.5 Å². The summed E-state index contributed by atoms with van der Waals surface area (Å²) in [5.74, 6) is -0.472. The number of fused-ring (bicyclic) bond motifs is 3. The van der Waals surface area contributed by atoms with Gasteiger partial charge >= 0.3 is 5.97 Å². The van der Waals surface area contributed by atoms with Gasteiger partial charge in [-0.2, -0.15) is 0 Å². The second-order valence-electron chi connectivity index (χ2n) is 12.5. The van der Waals surface area contributed by atoms with Crippen LogP contribution in [0.15, 0.2) is 98.5 Å². The van der Waals surface area contributed by atoms with Gasteiger partial charge in [-0.3, -0.25) is 0 Å². The number of halogens is 2. The van der Waals surface area contributed by atoms with Crippen molar-refractivity contribution in [3.63, 3.8) is 0 Å². The van der Waals surface area contributed by atoms with E-state index in [0.717, 1.165) is 73.3 Å². The van der Waals surface area contributed by atoms with Crippen LogP contribution in [0.25, 0.3) is 11.1 Å². The number of carbonyl (C=O) groups is 1. The number of benzene rings is 4. The Hall–Kier alpha value is -5.51. The molecular formula is C43H46F2O8. The number of unbranched alkanes of at least 4 members (excludes halogenated alkanes) is 5. The molecule has 1 aliphatic carbocycles. The van der Waals surface area contributed by atoms with E-state index in [1.165, 1.54) is 36.8 Å². The molecule has 1 aliphatic rings. The van der Waals surface area contributed by atoms with Gasteiger partial charge in [-0.25, -0.2) is 13.6 Å². The molecule has 0 aromatic heterocycles. The molecule has 0 bridgehead atoms. The van der Waals surface area contributed by atoms with E-state index in [0.29, 0.717) is 37.6 Å². The van der Waals surface area contributed by atoms with Crippen LogP contribution in [0, 0.1) is 11.6 Å². The second kappa shape index (κ2) is 19.9. The molecule has 0 amide bonds. The van der Waals surface area contributed by atoms with Crippen molar-refractivity contribution in [3.05, 3.63) is 127 Å². The van der Waals surface area contributed by atoms with Gasteiger partial charge in [0.25, 0.3) is 0 Å². The Morgan fingerprint density at radius 1 is 0.717 bits per heavy atom. The molecule has 10 heteroatoms. The third kappa shape index (κ3) is 11.2. The molecule has 4 aromatic carbocycles. The third-order valence-electron chi connectivity index (χ3n) is 8.64. The second-order valence-corrected chi connectivity index (χ2v) is 12.5. The smallest absolute Gasteiger partial charge is 0.343 e. The van der Waals surface area contributed by atoms with E-state index in [2.05, 4.69) is 20.1 Å². The first-order valence-electron chi connectivity index (χ1n) is 18.0. The number of ether oxygens (including phenoxy) is 7. The first-order chi connectivity index (χ1) is 25.9. The molecule has 280 valence electrons. The molecule has 0 saturated heterocycles. The number of hydrogen-bond acceptors (Lipinski definition) is 8. The van der Waals surface area contributed by atoms with Crippen LogP contribution >= 0.6 is 0 Å². The summed E-state index contributed by atoms with van der Waals surface area (Å²) < 4.78 is 68.4. The summed E-state index contributed by atoms with van der Waals surface area (Å²) in [4.78, 5) is 12.9. The van der Waals surface area contributed by atoms with Crippen molar-refractivity contribution in [2.45, 2.75) is 71.0 Å². The van der Waals surface area contributed by atoms with Crippen LogP contribution in [-0.4, -0.2) is 32.3 Å². The molecule has 5 rings (SSSR count). The number of esters is 1. The predicted octanol–water partition coefficient (Wildman–Crippen LogP) is 10.7. The van der Waals surface area contributed by atoms with Gasteiger partial charge in [0.05, 0.1) is 31.3 Å². The maximum atomic E-state index is 14.8. The zero-order valence-electron chi connectivity index (χ0n) is 30.1. The van der Waals surface area contributed by atoms with Gasteiger partial charge in [-0.15, -0.1) is 0 Å². The van der Waals surface area contributed by atoms with E-state index in [1.54, 1.807) is 12.1 Å². The van der Waals surface area contributed by atoms with E-state index in [9.17, 15) is 13.6 Å². The lowest BCUT2D eigenvalue weighted by Gasteiger charge is -2.19. The van der Waals surface area contributed by atoms with Crippen molar-refractivity contribution in [1.29, 1.82) is 0 Å². The van der Waals surface area contributed by atoms with Gasteiger partial charge in [0.1, 0.15) is 17.2 Å². The summed E-state index contributed by atoms with van der Waals surface area (Å²) in [6, 6.07) is 19.6. The minimum atomic E-state index is -0.668. The Bertz CT molecular complexity index is 1840. The molecule has 0 heterocycles. The standard InChI is InChI=1S/C43H46F2O8/c1-4-7-10-13-42(48-6-3)53-41-21-17-34(28-39(41)45)51-29-50-33-15-18-36-31(25-33)24-32-26-35(16-19-37(32)36)52-43(46)30-14-20-40(38(44)27-30)49-23-12-9-8-11-22-47-5-2/h5-6,14-21,25-28,42H,2-4,7-13,22-24,29H2,1H3. The van der Waals surface area contributed by atoms with E-state index in [4.69, 9.17) is 33.2 Å². The van der Waals surface area contributed by atoms with Gasteiger partial charge in [0.2, 0.25) is 13.1 Å². The molecule has 4 aromatic rings. The molecule has 0 saturated carbocycles. The lowest BCUT2D eigenvalue weighted by atomic mass is 10.1. The first kappa shape index (κ1) is 38.7. The fraction of sp³-hybridized carbons (Fsp3) is 0.326. The Labute approximate surface area is 309 Å². The van der Waals surface area contributed by atoms with Crippen LogP contribution in [0.3, 0.4) is 0 Å². The molecule has 0 N–H and O–H groups in total. The molecule has 8 nitrogen and oxygen atoms in total. The molecular weight excluding hydrogens is 682 g/mol. The van der Waals surface area contributed by atoms with Crippen LogP contribution in [-0.2, 0) is 15.9 Å². The molecule has 0 fully saturated rings. The van der Waals surface area contributed by atoms with Gasteiger partial charge in [-0.05, 0) is 115 Å². The van der Waals surface area contributed by atoms with E-state index in [-0.39, 0.29) is 29.6 Å². The highest BCUT2D eigenvalue weighted by Gasteiger charge is 2.21. The summed E-state index contributed by atoms with van der Waals surface area (Å²) in [6.45, 7) is 10.1. The number of rotatable bonds is 23. The molecule has 1 unspecified atom stereocenters. The zero-order valence-corrected chi connectivity index (χ0v) is 30.1. The largest absolute Gasteiger partial charge is 0.502 e. The van der Waals surface area contributed by atoms with Crippen LogP contribution in [0.4, 0.5) is 8.78 Å². The summed E-state index contributed by atoms with van der Waals surface area (Å²) in [6.07, 6.45) is 9.92. The van der Waals surface area contributed by atoms with Crippen LogP contribution in [0.5, 0.6) is 28.7 Å². The zero-order chi connectivity index (χ0) is 37.4.